The summed E-state index contributed by atoms with van der Waals surface area (Å²) in [6, 6.07) is 10.3. The van der Waals surface area contributed by atoms with Crippen LogP contribution in [0.15, 0.2) is 47.4 Å². The normalized spacial score (nSPS) is 17.6. The summed E-state index contributed by atoms with van der Waals surface area (Å²) in [6.07, 6.45) is 0. The number of thioether (sulfide) groups is 1. The first-order valence-corrected chi connectivity index (χ1v) is 10.5. The predicted octanol–water partition coefficient (Wildman–Crippen LogP) is 3.05. The van der Waals surface area contributed by atoms with E-state index in [2.05, 4.69) is 0 Å². The molecule has 1 aliphatic heterocycles. The van der Waals surface area contributed by atoms with E-state index in [4.69, 9.17) is 9.47 Å². The van der Waals surface area contributed by atoms with E-state index in [1.54, 1.807) is 18.2 Å². The second-order valence-corrected chi connectivity index (χ2v) is 8.78. The lowest BCUT2D eigenvalue weighted by molar-refractivity contribution is -0.385. The van der Waals surface area contributed by atoms with E-state index < -0.39 is 20.3 Å². The van der Waals surface area contributed by atoms with Gasteiger partial charge < -0.3 is 9.47 Å². The van der Waals surface area contributed by atoms with Crippen LogP contribution in [0.2, 0.25) is 0 Å². The maximum atomic E-state index is 13.2. The third-order valence-electron chi connectivity index (χ3n) is 4.19. The van der Waals surface area contributed by atoms with Crippen molar-refractivity contribution in [2.75, 3.05) is 26.5 Å². The summed E-state index contributed by atoms with van der Waals surface area (Å²) < 4.78 is 38.3. The van der Waals surface area contributed by atoms with Gasteiger partial charge in [-0.15, -0.1) is 11.8 Å². The number of hydrogen-bond acceptors (Lipinski definition) is 7. The van der Waals surface area contributed by atoms with Gasteiger partial charge in [0.25, 0.3) is 5.69 Å². The van der Waals surface area contributed by atoms with Gasteiger partial charge in [-0.3, -0.25) is 10.1 Å². The lowest BCUT2D eigenvalue weighted by Gasteiger charge is -2.25. The summed E-state index contributed by atoms with van der Waals surface area (Å²) in [5, 5.41) is 10.5. The molecule has 144 valence electrons. The van der Waals surface area contributed by atoms with Gasteiger partial charge in [-0.25, -0.2) is 8.42 Å². The Hall–Kier alpha value is -2.30. The molecule has 0 bridgehead atoms. The van der Waals surface area contributed by atoms with Crippen LogP contribution in [0.4, 0.5) is 5.69 Å². The molecule has 0 N–H and O–H groups in total. The van der Waals surface area contributed by atoms with Crippen LogP contribution >= 0.6 is 11.8 Å². The van der Waals surface area contributed by atoms with Gasteiger partial charge in [0.1, 0.15) is 11.5 Å². The summed E-state index contributed by atoms with van der Waals surface area (Å²) >= 11 is 1.46. The Labute approximate surface area is 161 Å². The molecule has 8 nitrogen and oxygen atoms in total. The van der Waals surface area contributed by atoms with Crippen molar-refractivity contribution >= 4 is 27.5 Å². The predicted molar refractivity (Wildman–Crippen MR) is 102 cm³/mol. The fourth-order valence-corrected chi connectivity index (χ4v) is 6.16. The molecule has 2 aromatic carbocycles. The lowest BCUT2D eigenvalue weighted by atomic mass is 10.2. The fraction of sp³-hybridized carbons (Fsp3) is 0.294. The number of sulfonamides is 1. The smallest absolute Gasteiger partial charge is 0.270 e. The number of nitrogens with zero attached hydrogens (tertiary/aromatic N) is 2. The minimum atomic E-state index is -3.92. The highest BCUT2D eigenvalue weighted by Crippen LogP contribution is 2.45. The van der Waals surface area contributed by atoms with Crippen LogP contribution in [0.5, 0.6) is 11.5 Å². The Morgan fingerprint density at radius 2 is 1.96 bits per heavy atom. The SMILES string of the molecule is COc1ccc(OC)c([C@@H]2SCCN2S(=O)(=O)c2cccc([N+](=O)[O-])c2)c1. The maximum Gasteiger partial charge on any atom is 0.270 e. The minimum Gasteiger partial charge on any atom is -0.497 e. The second-order valence-electron chi connectivity index (χ2n) is 5.70. The van der Waals surface area contributed by atoms with Gasteiger partial charge in [0.05, 0.1) is 29.4 Å². The Morgan fingerprint density at radius 1 is 1.19 bits per heavy atom. The molecular weight excluding hydrogens is 392 g/mol. The number of ether oxygens (including phenoxy) is 2. The summed E-state index contributed by atoms with van der Waals surface area (Å²) in [4.78, 5) is 10.3. The third-order valence-corrected chi connectivity index (χ3v) is 7.42. The van der Waals surface area contributed by atoms with Gasteiger partial charge in [0.2, 0.25) is 10.0 Å². The van der Waals surface area contributed by atoms with Crippen LogP contribution in [0.3, 0.4) is 0 Å². The van der Waals surface area contributed by atoms with Gasteiger partial charge in [0.15, 0.2) is 0 Å². The topological polar surface area (TPSA) is 99.0 Å². The highest BCUT2D eigenvalue weighted by atomic mass is 32.2. The highest BCUT2D eigenvalue weighted by molar-refractivity contribution is 8.01. The largest absolute Gasteiger partial charge is 0.497 e. The summed E-state index contributed by atoms with van der Waals surface area (Å²) in [5.41, 5.74) is 0.409. The summed E-state index contributed by atoms with van der Waals surface area (Å²) in [7, 11) is -0.874. The molecule has 1 fully saturated rings. The highest BCUT2D eigenvalue weighted by Gasteiger charge is 2.38. The third kappa shape index (κ3) is 3.73. The van der Waals surface area contributed by atoms with Gasteiger partial charge in [-0.05, 0) is 24.3 Å². The molecule has 2 aromatic rings. The Kier molecular flexibility index (Phi) is 5.59. The summed E-state index contributed by atoms with van der Waals surface area (Å²) in [6.45, 7) is 0.292. The van der Waals surface area contributed by atoms with Crippen molar-refractivity contribution in [3.8, 4) is 11.5 Å². The molecule has 27 heavy (non-hydrogen) atoms. The van der Waals surface area contributed by atoms with Crippen LogP contribution in [0, 0.1) is 10.1 Å². The average molecular weight is 410 g/mol. The molecule has 1 aliphatic rings. The molecule has 0 aliphatic carbocycles. The number of benzene rings is 2. The number of nitro groups is 1. The molecule has 0 saturated carbocycles. The van der Waals surface area contributed by atoms with E-state index in [0.29, 0.717) is 29.4 Å². The van der Waals surface area contributed by atoms with Gasteiger partial charge >= 0.3 is 0 Å². The molecule has 3 rings (SSSR count). The molecule has 0 aromatic heterocycles. The molecule has 0 unspecified atom stereocenters. The van der Waals surface area contributed by atoms with Crippen LogP contribution in [-0.4, -0.2) is 44.2 Å². The van der Waals surface area contributed by atoms with Crippen LogP contribution in [-0.2, 0) is 10.0 Å². The molecule has 0 spiro atoms. The van der Waals surface area contributed by atoms with Crippen molar-refractivity contribution in [3.63, 3.8) is 0 Å². The molecule has 1 heterocycles. The number of non-ortho nitro benzene ring substituents is 1. The van der Waals surface area contributed by atoms with Crippen molar-refractivity contribution in [1.29, 1.82) is 0 Å². The van der Waals surface area contributed by atoms with Crippen molar-refractivity contribution in [1.82, 2.24) is 4.31 Å². The minimum absolute atomic E-state index is 0.105. The van der Waals surface area contributed by atoms with Crippen molar-refractivity contribution in [2.45, 2.75) is 10.3 Å². The molecule has 1 atom stereocenters. The van der Waals surface area contributed by atoms with Gasteiger partial charge in [-0.1, -0.05) is 6.07 Å². The average Bonchev–Trinajstić information content (AvgIpc) is 3.18. The van der Waals surface area contributed by atoms with E-state index in [1.165, 1.54) is 48.5 Å². The Morgan fingerprint density at radius 3 is 2.63 bits per heavy atom. The first-order chi connectivity index (χ1) is 12.9. The zero-order chi connectivity index (χ0) is 19.6. The first kappa shape index (κ1) is 19.5. The Bertz CT molecular complexity index is 964. The quantitative estimate of drug-likeness (QED) is 0.533. The van der Waals surface area contributed by atoms with E-state index in [1.807, 2.05) is 0 Å². The fourth-order valence-electron chi connectivity index (χ4n) is 2.87. The van der Waals surface area contributed by atoms with Crippen LogP contribution in [0.25, 0.3) is 0 Å². The second kappa shape index (κ2) is 7.75. The van der Waals surface area contributed by atoms with E-state index in [0.717, 1.165) is 6.07 Å². The zero-order valence-corrected chi connectivity index (χ0v) is 16.3. The Balaban J connectivity index is 2.04. The number of methoxy groups -OCH3 is 2. The van der Waals surface area contributed by atoms with E-state index in [-0.39, 0.29) is 10.6 Å². The lowest BCUT2D eigenvalue weighted by Crippen LogP contribution is -2.30. The van der Waals surface area contributed by atoms with E-state index in [9.17, 15) is 18.5 Å². The molecule has 1 saturated heterocycles. The standard InChI is InChI=1S/C17H18N2O6S2/c1-24-13-6-7-16(25-2)15(11-13)17-18(8-9-26-17)27(22,23)14-5-3-4-12(10-14)19(20)21/h3-7,10-11,17H,8-9H2,1-2H3/t17-/m0/s1. The van der Waals surface area contributed by atoms with Crippen molar-refractivity contribution in [2.24, 2.45) is 0 Å². The van der Waals surface area contributed by atoms with Gasteiger partial charge in [-0.2, -0.15) is 4.31 Å². The molecule has 10 heteroatoms. The number of rotatable bonds is 6. The van der Waals surface area contributed by atoms with Gasteiger partial charge in [0, 0.05) is 30.0 Å². The van der Waals surface area contributed by atoms with E-state index >= 15 is 0 Å². The van der Waals surface area contributed by atoms with Crippen molar-refractivity contribution < 1.29 is 22.8 Å². The van der Waals surface area contributed by atoms with Crippen LogP contribution < -0.4 is 9.47 Å². The molecular formula is C17H18N2O6S2. The van der Waals surface area contributed by atoms with Crippen LogP contribution in [0.1, 0.15) is 10.9 Å². The zero-order valence-electron chi connectivity index (χ0n) is 14.7. The first-order valence-electron chi connectivity index (χ1n) is 7.98. The monoisotopic (exact) mass is 410 g/mol. The van der Waals surface area contributed by atoms with Crippen molar-refractivity contribution in [3.05, 3.63) is 58.1 Å². The maximum absolute atomic E-state index is 13.2. The molecule has 0 radical (unpaired) electrons. The number of hydrogen-bond donors (Lipinski definition) is 0. The summed E-state index contributed by atoms with van der Waals surface area (Å²) in [5.74, 6) is 1.74. The number of nitro benzene ring substituents is 1. The molecule has 0 amide bonds.